The van der Waals surface area contributed by atoms with E-state index in [1.54, 1.807) is 7.11 Å². The van der Waals surface area contributed by atoms with Crippen molar-refractivity contribution in [2.45, 2.75) is 44.2 Å². The third-order valence-corrected chi connectivity index (χ3v) is 6.40. The molecule has 1 N–H and O–H groups in total. The van der Waals surface area contributed by atoms with Crippen molar-refractivity contribution in [2.75, 3.05) is 53.0 Å². The molecule has 0 spiro atoms. The van der Waals surface area contributed by atoms with E-state index in [0.29, 0.717) is 57.2 Å². The SMILES string of the molecule is COCCc1noc(CN2CC[C@@]3(O)CCN(C(=O)N4CCCC4)C[C@H]3C2)n1. The van der Waals surface area contributed by atoms with Gasteiger partial charge in [0.1, 0.15) is 0 Å². The summed E-state index contributed by atoms with van der Waals surface area (Å²) in [6.45, 7) is 5.66. The normalized spacial score (nSPS) is 28.6. The van der Waals surface area contributed by atoms with E-state index in [1.165, 1.54) is 0 Å². The van der Waals surface area contributed by atoms with Crippen LogP contribution in [0.25, 0.3) is 0 Å². The summed E-state index contributed by atoms with van der Waals surface area (Å²) in [6, 6.07) is 0.136. The van der Waals surface area contributed by atoms with Crippen molar-refractivity contribution >= 4 is 6.03 Å². The van der Waals surface area contributed by atoms with Crippen LogP contribution in [0.15, 0.2) is 4.52 Å². The minimum atomic E-state index is -0.670. The summed E-state index contributed by atoms with van der Waals surface area (Å²) in [5.74, 6) is 1.31. The zero-order valence-electron chi connectivity index (χ0n) is 16.7. The van der Waals surface area contributed by atoms with E-state index in [9.17, 15) is 9.90 Å². The molecule has 3 aliphatic rings. The fourth-order valence-electron chi connectivity index (χ4n) is 4.64. The van der Waals surface area contributed by atoms with Gasteiger partial charge in [-0.1, -0.05) is 5.16 Å². The number of rotatable bonds is 5. The number of piperidine rings is 2. The number of aromatic nitrogens is 2. The van der Waals surface area contributed by atoms with Crippen molar-refractivity contribution in [2.24, 2.45) is 5.92 Å². The Labute approximate surface area is 165 Å². The largest absolute Gasteiger partial charge is 0.389 e. The molecule has 0 bridgehead atoms. The van der Waals surface area contributed by atoms with Crippen LogP contribution in [0.5, 0.6) is 0 Å². The predicted molar refractivity (Wildman–Crippen MR) is 101 cm³/mol. The first kappa shape index (κ1) is 19.6. The van der Waals surface area contributed by atoms with Gasteiger partial charge in [0.05, 0.1) is 18.8 Å². The summed E-state index contributed by atoms with van der Waals surface area (Å²) in [5.41, 5.74) is -0.670. The number of likely N-dealkylation sites (tertiary alicyclic amines) is 3. The first-order valence-corrected chi connectivity index (χ1v) is 10.4. The lowest BCUT2D eigenvalue weighted by molar-refractivity contribution is -0.109. The minimum absolute atomic E-state index is 0.0532. The van der Waals surface area contributed by atoms with Gasteiger partial charge in [-0.2, -0.15) is 4.98 Å². The Balaban J connectivity index is 1.35. The van der Waals surface area contributed by atoms with Crippen LogP contribution in [0.2, 0.25) is 0 Å². The van der Waals surface area contributed by atoms with Crippen LogP contribution in [0.4, 0.5) is 4.79 Å². The predicted octanol–water partition coefficient (Wildman–Crippen LogP) is 0.733. The quantitative estimate of drug-likeness (QED) is 0.788. The van der Waals surface area contributed by atoms with Crippen LogP contribution in [0, 0.1) is 5.92 Å². The van der Waals surface area contributed by atoms with Gasteiger partial charge in [-0.25, -0.2) is 4.79 Å². The highest BCUT2D eigenvalue weighted by atomic mass is 16.5. The van der Waals surface area contributed by atoms with Crippen LogP contribution in [-0.4, -0.2) is 94.6 Å². The molecular formula is C19H31N5O4. The molecule has 4 rings (SSSR count). The Kier molecular flexibility index (Phi) is 5.84. The molecule has 9 heteroatoms. The molecule has 9 nitrogen and oxygen atoms in total. The van der Waals surface area contributed by atoms with Gasteiger partial charge in [0.25, 0.3) is 0 Å². The molecule has 3 saturated heterocycles. The number of hydrogen-bond acceptors (Lipinski definition) is 7. The van der Waals surface area contributed by atoms with E-state index in [2.05, 4.69) is 15.0 Å². The van der Waals surface area contributed by atoms with Gasteiger partial charge in [0.2, 0.25) is 5.89 Å². The summed E-state index contributed by atoms with van der Waals surface area (Å²) in [7, 11) is 1.65. The van der Waals surface area contributed by atoms with E-state index in [4.69, 9.17) is 9.26 Å². The first-order chi connectivity index (χ1) is 13.6. The Morgan fingerprint density at radius 1 is 1.21 bits per heavy atom. The van der Waals surface area contributed by atoms with Gasteiger partial charge >= 0.3 is 6.03 Å². The monoisotopic (exact) mass is 393 g/mol. The molecule has 28 heavy (non-hydrogen) atoms. The Morgan fingerprint density at radius 2 is 2.00 bits per heavy atom. The second-order valence-corrected chi connectivity index (χ2v) is 8.31. The molecule has 1 aromatic heterocycles. The summed E-state index contributed by atoms with van der Waals surface area (Å²) < 4.78 is 10.4. The lowest BCUT2D eigenvalue weighted by Crippen LogP contribution is -2.61. The topological polar surface area (TPSA) is 95.2 Å². The average Bonchev–Trinajstić information content (AvgIpc) is 3.38. The van der Waals surface area contributed by atoms with Gasteiger partial charge in [-0.15, -0.1) is 0 Å². The molecule has 2 atom stereocenters. The van der Waals surface area contributed by atoms with Crippen molar-refractivity contribution in [1.29, 1.82) is 0 Å². The van der Waals surface area contributed by atoms with Crippen LogP contribution in [-0.2, 0) is 17.7 Å². The van der Waals surface area contributed by atoms with E-state index in [-0.39, 0.29) is 11.9 Å². The van der Waals surface area contributed by atoms with Gasteiger partial charge in [0, 0.05) is 58.7 Å². The van der Waals surface area contributed by atoms with Crippen molar-refractivity contribution in [3.63, 3.8) is 0 Å². The number of fused-ring (bicyclic) bond motifs is 1. The lowest BCUT2D eigenvalue weighted by Gasteiger charge is -2.50. The van der Waals surface area contributed by atoms with Crippen LogP contribution < -0.4 is 0 Å². The van der Waals surface area contributed by atoms with Crippen LogP contribution in [0.1, 0.15) is 37.4 Å². The van der Waals surface area contributed by atoms with Crippen molar-refractivity contribution < 1.29 is 19.2 Å². The van der Waals surface area contributed by atoms with Crippen LogP contribution >= 0.6 is 0 Å². The molecule has 0 saturated carbocycles. The van der Waals surface area contributed by atoms with E-state index in [1.807, 2.05) is 9.80 Å². The van der Waals surface area contributed by atoms with E-state index < -0.39 is 5.60 Å². The third kappa shape index (κ3) is 4.16. The highest BCUT2D eigenvalue weighted by molar-refractivity contribution is 5.74. The zero-order valence-corrected chi connectivity index (χ0v) is 16.7. The summed E-state index contributed by atoms with van der Waals surface area (Å²) in [5, 5.41) is 15.1. The number of methoxy groups -OCH3 is 1. The number of aliphatic hydroxyl groups is 1. The maximum absolute atomic E-state index is 12.8. The summed E-state index contributed by atoms with van der Waals surface area (Å²) in [6.07, 6.45) is 4.20. The number of nitrogens with zero attached hydrogens (tertiary/aromatic N) is 5. The van der Waals surface area contributed by atoms with E-state index >= 15 is 0 Å². The molecule has 0 unspecified atom stereocenters. The van der Waals surface area contributed by atoms with Crippen molar-refractivity contribution in [3.8, 4) is 0 Å². The minimum Gasteiger partial charge on any atom is -0.389 e. The molecule has 4 heterocycles. The van der Waals surface area contributed by atoms with Crippen LogP contribution in [0.3, 0.4) is 0 Å². The highest BCUT2D eigenvalue weighted by Crippen LogP contribution is 2.36. The van der Waals surface area contributed by atoms with Gasteiger partial charge in [0.15, 0.2) is 5.82 Å². The molecular weight excluding hydrogens is 362 g/mol. The second kappa shape index (κ2) is 8.34. The second-order valence-electron chi connectivity index (χ2n) is 8.31. The molecule has 0 aliphatic carbocycles. The number of amides is 2. The first-order valence-electron chi connectivity index (χ1n) is 10.4. The Morgan fingerprint density at radius 3 is 2.79 bits per heavy atom. The number of urea groups is 1. The fourth-order valence-corrected chi connectivity index (χ4v) is 4.64. The maximum atomic E-state index is 12.8. The van der Waals surface area contributed by atoms with Crippen molar-refractivity contribution in [3.05, 3.63) is 11.7 Å². The Hall–Kier alpha value is -1.71. The highest BCUT2D eigenvalue weighted by Gasteiger charge is 2.46. The summed E-state index contributed by atoms with van der Waals surface area (Å²) >= 11 is 0. The molecule has 156 valence electrons. The average molecular weight is 393 g/mol. The lowest BCUT2D eigenvalue weighted by atomic mass is 9.75. The van der Waals surface area contributed by atoms with Gasteiger partial charge < -0.3 is 24.2 Å². The standard InChI is InChI=1S/C19H31N5O4/c1-27-11-4-16-20-17(28-21-16)14-22-9-5-19(26)6-10-24(13-15(19)12-22)18(25)23-7-2-3-8-23/h15,26H,2-14H2,1H3/t15-,19-/m1/s1. The molecule has 3 aliphatic heterocycles. The molecule has 2 amide bonds. The fraction of sp³-hybridized carbons (Fsp3) is 0.842. The number of hydrogen-bond donors (Lipinski definition) is 1. The summed E-state index contributed by atoms with van der Waals surface area (Å²) in [4.78, 5) is 23.3. The molecule has 0 aromatic carbocycles. The molecule has 3 fully saturated rings. The van der Waals surface area contributed by atoms with Gasteiger partial charge in [-0.05, 0) is 25.7 Å². The smallest absolute Gasteiger partial charge is 0.320 e. The van der Waals surface area contributed by atoms with E-state index in [0.717, 1.165) is 39.0 Å². The number of carbonyl (C=O) groups is 1. The van der Waals surface area contributed by atoms with Gasteiger partial charge in [-0.3, -0.25) is 4.90 Å². The number of ether oxygens (including phenoxy) is 1. The van der Waals surface area contributed by atoms with Crippen molar-refractivity contribution in [1.82, 2.24) is 24.8 Å². The molecule has 0 radical (unpaired) electrons. The molecule has 1 aromatic rings. The maximum Gasteiger partial charge on any atom is 0.320 e. The Bertz CT molecular complexity index is 677. The number of carbonyl (C=O) groups excluding carboxylic acids is 1. The zero-order chi connectivity index (χ0) is 19.6. The third-order valence-electron chi connectivity index (χ3n) is 6.40.